The fraction of sp³-hybridized carbons (Fsp3) is 0.467. The molecule has 1 aromatic carbocycles. The van der Waals surface area contributed by atoms with Crippen LogP contribution in [0.25, 0.3) is 0 Å². The Labute approximate surface area is 130 Å². The topological polar surface area (TPSA) is 30.5 Å². The minimum Gasteiger partial charge on any atom is -0.493 e. The molecule has 0 fully saturated rings. The standard InChI is InChI=1S/C15H21Cl2NO2/c1-15(2,3)18-9-11-5-6-13(14(7-11)19-4)20-10-12(17)8-16/h5-8,18H,9-10H2,1-4H3. The van der Waals surface area contributed by atoms with Gasteiger partial charge < -0.3 is 14.8 Å². The molecular weight excluding hydrogens is 297 g/mol. The van der Waals surface area contributed by atoms with Gasteiger partial charge in [-0.3, -0.25) is 0 Å². The van der Waals surface area contributed by atoms with Crippen molar-refractivity contribution in [3.8, 4) is 11.5 Å². The van der Waals surface area contributed by atoms with Crippen LogP contribution in [-0.4, -0.2) is 19.3 Å². The van der Waals surface area contributed by atoms with E-state index in [1.54, 1.807) is 7.11 Å². The summed E-state index contributed by atoms with van der Waals surface area (Å²) in [5, 5.41) is 3.86. The van der Waals surface area contributed by atoms with E-state index in [1.807, 2.05) is 18.2 Å². The van der Waals surface area contributed by atoms with Crippen LogP contribution in [0.3, 0.4) is 0 Å². The first-order valence-electron chi connectivity index (χ1n) is 6.35. The predicted octanol–water partition coefficient (Wildman–Crippen LogP) is 4.28. The minimum atomic E-state index is 0.0705. The number of methoxy groups -OCH3 is 1. The van der Waals surface area contributed by atoms with Gasteiger partial charge in [0.05, 0.1) is 12.1 Å². The predicted molar refractivity (Wildman–Crippen MR) is 84.9 cm³/mol. The van der Waals surface area contributed by atoms with Crippen molar-refractivity contribution in [2.45, 2.75) is 32.9 Å². The zero-order valence-corrected chi connectivity index (χ0v) is 13.8. The van der Waals surface area contributed by atoms with E-state index in [9.17, 15) is 0 Å². The maximum atomic E-state index is 5.80. The number of ether oxygens (including phenoxy) is 2. The Balaban J connectivity index is 2.75. The monoisotopic (exact) mass is 317 g/mol. The zero-order chi connectivity index (χ0) is 15.2. The first kappa shape index (κ1) is 17.2. The largest absolute Gasteiger partial charge is 0.493 e. The molecule has 0 heterocycles. The van der Waals surface area contributed by atoms with E-state index in [-0.39, 0.29) is 12.1 Å². The van der Waals surface area contributed by atoms with E-state index in [2.05, 4.69) is 26.1 Å². The Morgan fingerprint density at radius 3 is 2.55 bits per heavy atom. The fourth-order valence-electron chi connectivity index (χ4n) is 1.49. The van der Waals surface area contributed by atoms with Gasteiger partial charge in [0.25, 0.3) is 0 Å². The Hall–Kier alpha value is -0.900. The van der Waals surface area contributed by atoms with Crippen LogP contribution in [0.15, 0.2) is 28.8 Å². The third kappa shape index (κ3) is 6.04. The van der Waals surface area contributed by atoms with Crippen molar-refractivity contribution in [1.82, 2.24) is 5.32 Å². The van der Waals surface area contributed by atoms with Crippen molar-refractivity contribution < 1.29 is 9.47 Å². The fourth-order valence-corrected chi connectivity index (χ4v) is 1.60. The number of nitrogens with one attached hydrogen (secondary N) is 1. The highest BCUT2D eigenvalue weighted by atomic mass is 35.5. The lowest BCUT2D eigenvalue weighted by molar-refractivity contribution is 0.323. The van der Waals surface area contributed by atoms with Gasteiger partial charge in [0.2, 0.25) is 0 Å². The lowest BCUT2D eigenvalue weighted by Crippen LogP contribution is -2.35. The van der Waals surface area contributed by atoms with Crippen molar-refractivity contribution >= 4 is 23.2 Å². The Morgan fingerprint density at radius 1 is 1.30 bits per heavy atom. The van der Waals surface area contributed by atoms with Crippen LogP contribution >= 0.6 is 23.2 Å². The second-order valence-corrected chi connectivity index (χ2v) is 6.14. The average Bonchev–Trinajstić information content (AvgIpc) is 2.41. The van der Waals surface area contributed by atoms with Gasteiger partial charge in [-0.25, -0.2) is 0 Å². The van der Waals surface area contributed by atoms with E-state index in [4.69, 9.17) is 32.7 Å². The van der Waals surface area contributed by atoms with Crippen molar-refractivity contribution in [1.29, 1.82) is 0 Å². The number of benzene rings is 1. The maximum Gasteiger partial charge on any atom is 0.161 e. The van der Waals surface area contributed by atoms with Crippen LogP contribution in [0.1, 0.15) is 26.3 Å². The third-order valence-corrected chi connectivity index (χ3v) is 3.13. The molecule has 0 aliphatic heterocycles. The first-order chi connectivity index (χ1) is 9.35. The summed E-state index contributed by atoms with van der Waals surface area (Å²) in [7, 11) is 1.61. The summed E-state index contributed by atoms with van der Waals surface area (Å²) < 4.78 is 10.9. The van der Waals surface area contributed by atoms with Crippen LogP contribution in [-0.2, 0) is 6.54 Å². The van der Waals surface area contributed by atoms with E-state index >= 15 is 0 Å². The van der Waals surface area contributed by atoms with Crippen LogP contribution in [0.4, 0.5) is 0 Å². The smallest absolute Gasteiger partial charge is 0.161 e. The summed E-state index contributed by atoms with van der Waals surface area (Å²) in [6.07, 6.45) is 0. The minimum absolute atomic E-state index is 0.0705. The molecule has 0 radical (unpaired) electrons. The summed E-state index contributed by atoms with van der Waals surface area (Å²) in [4.78, 5) is 0. The molecule has 1 aromatic rings. The van der Waals surface area contributed by atoms with Gasteiger partial charge >= 0.3 is 0 Å². The van der Waals surface area contributed by atoms with Crippen molar-refractivity contribution in [3.63, 3.8) is 0 Å². The molecule has 0 aliphatic rings. The van der Waals surface area contributed by atoms with Crippen LogP contribution < -0.4 is 14.8 Å². The number of rotatable bonds is 6. The van der Waals surface area contributed by atoms with Crippen molar-refractivity contribution in [2.24, 2.45) is 0 Å². The van der Waals surface area contributed by atoms with Gasteiger partial charge in [-0.05, 0) is 38.5 Å². The van der Waals surface area contributed by atoms with Gasteiger partial charge in [0.1, 0.15) is 6.61 Å². The third-order valence-electron chi connectivity index (χ3n) is 2.53. The zero-order valence-electron chi connectivity index (χ0n) is 12.3. The molecular formula is C15H21Cl2NO2. The lowest BCUT2D eigenvalue weighted by Gasteiger charge is -2.21. The Kier molecular flexibility index (Phi) is 6.66. The molecule has 0 spiro atoms. The molecule has 0 aromatic heterocycles. The van der Waals surface area contributed by atoms with E-state index < -0.39 is 0 Å². The van der Waals surface area contributed by atoms with Crippen LogP contribution in [0.2, 0.25) is 0 Å². The second-order valence-electron chi connectivity index (χ2n) is 5.43. The van der Waals surface area contributed by atoms with Crippen LogP contribution in [0, 0.1) is 0 Å². The first-order valence-corrected chi connectivity index (χ1v) is 7.16. The summed E-state index contributed by atoms with van der Waals surface area (Å²) in [6.45, 7) is 7.37. The molecule has 0 amide bonds. The summed E-state index contributed by atoms with van der Waals surface area (Å²) in [5.74, 6) is 1.32. The number of hydrogen-bond donors (Lipinski definition) is 1. The van der Waals surface area contributed by atoms with Gasteiger partial charge in [0, 0.05) is 17.6 Å². The van der Waals surface area contributed by atoms with Crippen molar-refractivity contribution in [3.05, 3.63) is 34.3 Å². The molecule has 0 saturated heterocycles. The van der Waals surface area contributed by atoms with E-state index in [0.29, 0.717) is 16.5 Å². The quantitative estimate of drug-likeness (QED) is 0.849. The van der Waals surface area contributed by atoms with Crippen molar-refractivity contribution in [2.75, 3.05) is 13.7 Å². The van der Waals surface area contributed by atoms with Gasteiger partial charge in [-0.1, -0.05) is 29.3 Å². The Bertz CT molecular complexity index is 467. The molecule has 20 heavy (non-hydrogen) atoms. The normalized spacial score (nSPS) is 12.4. The summed E-state index contributed by atoms with van der Waals surface area (Å²) in [5.41, 5.74) is 2.49. The molecule has 112 valence electrons. The number of halogens is 2. The highest BCUT2D eigenvalue weighted by Gasteiger charge is 2.10. The lowest BCUT2D eigenvalue weighted by atomic mass is 10.1. The second kappa shape index (κ2) is 7.77. The average molecular weight is 318 g/mol. The summed E-state index contributed by atoms with van der Waals surface area (Å²) in [6, 6.07) is 5.82. The van der Waals surface area contributed by atoms with E-state index in [1.165, 1.54) is 5.54 Å². The molecule has 1 rings (SSSR count). The molecule has 0 saturated carbocycles. The summed E-state index contributed by atoms with van der Waals surface area (Å²) >= 11 is 11.3. The highest BCUT2D eigenvalue weighted by Crippen LogP contribution is 2.28. The van der Waals surface area contributed by atoms with Crippen LogP contribution in [0.5, 0.6) is 11.5 Å². The molecule has 0 aliphatic carbocycles. The van der Waals surface area contributed by atoms with Gasteiger partial charge in [0.15, 0.2) is 11.5 Å². The molecule has 1 N–H and O–H groups in total. The van der Waals surface area contributed by atoms with Gasteiger partial charge in [-0.15, -0.1) is 0 Å². The van der Waals surface area contributed by atoms with Gasteiger partial charge in [-0.2, -0.15) is 0 Å². The molecule has 3 nitrogen and oxygen atoms in total. The molecule has 5 heteroatoms. The Morgan fingerprint density at radius 2 is 2.00 bits per heavy atom. The van der Waals surface area contributed by atoms with E-state index in [0.717, 1.165) is 12.1 Å². The molecule has 0 atom stereocenters. The molecule has 0 bridgehead atoms. The maximum absolute atomic E-state index is 5.80. The number of hydrogen-bond acceptors (Lipinski definition) is 3. The SMILES string of the molecule is COc1cc(CNC(C)(C)C)ccc1OCC(Cl)=CCl. The molecule has 0 unspecified atom stereocenters. The highest BCUT2D eigenvalue weighted by molar-refractivity contribution is 6.36.